The monoisotopic (exact) mass is 327 g/mol. The number of ether oxygens (including phenoxy) is 1. The largest absolute Gasteiger partial charge is 1.00 e. The van der Waals surface area contributed by atoms with Gasteiger partial charge < -0.3 is 31.8 Å². The summed E-state index contributed by atoms with van der Waals surface area (Å²) in [6.45, 7) is 13.1. The summed E-state index contributed by atoms with van der Waals surface area (Å²) in [5, 5.41) is 12.1. The van der Waals surface area contributed by atoms with E-state index >= 15 is 0 Å². The molecule has 0 aromatic carbocycles. The first-order valence-electron chi connectivity index (χ1n) is 7.66. The van der Waals surface area contributed by atoms with Gasteiger partial charge in [-0.1, -0.05) is 13.1 Å². The van der Waals surface area contributed by atoms with Crippen LogP contribution < -0.4 is 29.1 Å². The molecule has 0 radical (unpaired) electrons. The number of hydrogen-bond acceptors (Lipinski definition) is 6. The molecule has 0 amide bonds. The molecule has 2 heterocycles. The van der Waals surface area contributed by atoms with Gasteiger partial charge in [-0.05, 0) is 33.3 Å². The number of carbonyl (C=O) groups excluding carboxylic acids is 1. The van der Waals surface area contributed by atoms with Crippen molar-refractivity contribution >= 4 is 18.0 Å². The third-order valence-corrected chi connectivity index (χ3v) is 3.14. The Morgan fingerprint density at radius 2 is 2.25 bits per heavy atom. The van der Waals surface area contributed by atoms with E-state index in [-0.39, 0.29) is 31.1 Å². The molecule has 0 saturated carbocycles. The molecule has 0 atom stereocenters. The van der Waals surface area contributed by atoms with Crippen LogP contribution in [0.2, 0.25) is 0 Å². The molecule has 0 bridgehead atoms. The van der Waals surface area contributed by atoms with E-state index in [2.05, 4.69) is 26.9 Å². The van der Waals surface area contributed by atoms with Gasteiger partial charge in [0.1, 0.15) is 5.82 Å². The quantitative estimate of drug-likeness (QED) is 0.503. The Labute approximate surface area is 157 Å². The maximum atomic E-state index is 9.47. The zero-order chi connectivity index (χ0) is 17.3. The first-order valence-corrected chi connectivity index (χ1v) is 7.66. The third kappa shape index (κ3) is 7.56. The molecule has 1 aliphatic rings. The van der Waals surface area contributed by atoms with Crippen LogP contribution in [0, 0.1) is 13.3 Å². The number of nitrogens with one attached hydrogen (secondary N) is 1. The summed E-state index contributed by atoms with van der Waals surface area (Å²) in [5.41, 5.74) is 2.06. The molecule has 2 N–H and O–H groups in total. The fourth-order valence-electron chi connectivity index (χ4n) is 2.13. The van der Waals surface area contributed by atoms with Gasteiger partial charge in [0.2, 0.25) is 0 Å². The molecule has 2 rings (SSSR count). The molecular weight excluding hydrogens is 301 g/mol. The van der Waals surface area contributed by atoms with E-state index in [0.717, 1.165) is 25.3 Å². The van der Waals surface area contributed by atoms with Crippen LogP contribution in [0.5, 0.6) is 0 Å². The van der Waals surface area contributed by atoms with Crippen molar-refractivity contribution in [1.82, 2.24) is 4.98 Å². The van der Waals surface area contributed by atoms with Crippen molar-refractivity contribution in [2.45, 2.75) is 32.8 Å². The predicted octanol–water partition coefficient (Wildman–Crippen LogP) is -1.24. The van der Waals surface area contributed by atoms with Crippen molar-refractivity contribution in [3.8, 4) is 0 Å². The Morgan fingerprint density at radius 1 is 1.54 bits per heavy atom. The fourth-order valence-corrected chi connectivity index (χ4v) is 2.13. The summed E-state index contributed by atoms with van der Waals surface area (Å²) >= 11 is 0. The van der Waals surface area contributed by atoms with Crippen LogP contribution in [0.15, 0.2) is 12.3 Å². The molecule has 7 heteroatoms. The second kappa shape index (κ2) is 11.4. The molecule has 6 nitrogen and oxygen atoms in total. The van der Waals surface area contributed by atoms with E-state index in [1.54, 1.807) is 20.8 Å². The van der Waals surface area contributed by atoms with Crippen LogP contribution in [0.4, 0.5) is 11.5 Å². The Morgan fingerprint density at radius 3 is 2.75 bits per heavy atom. The van der Waals surface area contributed by atoms with Gasteiger partial charge in [0.25, 0.3) is 0 Å². The summed E-state index contributed by atoms with van der Waals surface area (Å²) in [6, 6.07) is 2.02. The zero-order valence-electron chi connectivity index (χ0n) is 15.1. The van der Waals surface area contributed by atoms with Crippen LogP contribution in [-0.4, -0.2) is 48.4 Å². The van der Waals surface area contributed by atoms with Gasteiger partial charge in [-0.25, -0.2) is 4.98 Å². The van der Waals surface area contributed by atoms with Crippen LogP contribution in [0.3, 0.4) is 0 Å². The van der Waals surface area contributed by atoms with Gasteiger partial charge in [-0.15, -0.1) is 13.1 Å². The van der Waals surface area contributed by atoms with E-state index < -0.39 is 0 Å². The third-order valence-electron chi connectivity index (χ3n) is 3.14. The second-order valence-electron chi connectivity index (χ2n) is 6.05. The van der Waals surface area contributed by atoms with Gasteiger partial charge in [-0.3, -0.25) is 6.42 Å². The van der Waals surface area contributed by atoms with Crippen LogP contribution in [0.1, 0.15) is 26.3 Å². The minimum Gasteiger partial charge on any atom is -0.649 e. The molecule has 1 aromatic rings. The number of aliphatic hydroxyl groups is 1. The zero-order valence-corrected chi connectivity index (χ0v) is 15.1. The standard InChI is InChI=1S/C12H17N3O.C5H9O2.Li/c1-2-15(8-3-9-16)11-5-7-14-12-10(11)4-6-13-12;1-5(2,3)7-4-6;/h3,5,7,16H,1-2,4,6,8-9H2,(H,13,14);1-3H3;/q-2;-1;+1. The van der Waals surface area contributed by atoms with Crippen molar-refractivity contribution in [1.29, 1.82) is 0 Å². The number of pyridine rings is 1. The number of rotatable bonds is 6. The van der Waals surface area contributed by atoms with Gasteiger partial charge in [0, 0.05) is 24.0 Å². The number of fused-ring (bicyclic) bond motifs is 1. The summed E-state index contributed by atoms with van der Waals surface area (Å²) in [4.78, 5) is 15.9. The van der Waals surface area contributed by atoms with Gasteiger partial charge in [0.05, 0.1) is 5.60 Å². The first kappa shape index (κ1) is 22.8. The number of anilines is 2. The van der Waals surface area contributed by atoms with E-state index in [9.17, 15) is 4.79 Å². The molecule has 1 aromatic heterocycles. The van der Waals surface area contributed by atoms with E-state index in [0.29, 0.717) is 6.54 Å². The summed E-state index contributed by atoms with van der Waals surface area (Å²) in [7, 11) is 0. The summed E-state index contributed by atoms with van der Waals surface area (Å²) in [5.74, 6) is 0.986. The van der Waals surface area contributed by atoms with Crippen molar-refractivity contribution in [3.05, 3.63) is 31.2 Å². The van der Waals surface area contributed by atoms with E-state index in [1.165, 1.54) is 17.7 Å². The molecule has 0 fully saturated rings. The number of aliphatic hydroxyl groups excluding tert-OH is 1. The van der Waals surface area contributed by atoms with Gasteiger partial charge in [0.15, 0.2) is 0 Å². The average molecular weight is 327 g/mol. The maximum Gasteiger partial charge on any atom is 1.00 e. The van der Waals surface area contributed by atoms with Crippen LogP contribution in [-0.2, 0) is 16.0 Å². The Hall–Kier alpha value is -1.22. The smallest absolute Gasteiger partial charge is 0.649 e. The average Bonchev–Trinajstić information content (AvgIpc) is 2.96. The number of nitrogens with zero attached hydrogens (tertiary/aromatic N) is 2. The van der Waals surface area contributed by atoms with Crippen molar-refractivity contribution in [3.63, 3.8) is 0 Å². The SMILES string of the molecule is CC(C)(C)O[C-]=O.[CH2-]CN(C[CH-]CO)c1ccnc2c1CCN2.[Li+]. The Balaban J connectivity index is 0.000000570. The fraction of sp³-hybridized carbons (Fsp3) is 0.529. The Bertz CT molecular complexity index is 492. The maximum absolute atomic E-state index is 9.47. The van der Waals surface area contributed by atoms with Crippen LogP contribution >= 0.6 is 0 Å². The molecule has 0 saturated heterocycles. The minimum absolute atomic E-state index is 0. The molecule has 130 valence electrons. The number of hydrogen-bond donors (Lipinski definition) is 2. The Kier molecular flexibility index (Phi) is 10.8. The molecule has 24 heavy (non-hydrogen) atoms. The molecular formula is C17H26LiN3O3-2. The van der Waals surface area contributed by atoms with Gasteiger partial charge in [-0.2, -0.15) is 0 Å². The predicted molar refractivity (Wildman–Crippen MR) is 91.9 cm³/mol. The van der Waals surface area contributed by atoms with E-state index in [1.807, 2.05) is 18.7 Å². The first-order chi connectivity index (χ1) is 10.9. The molecule has 0 unspecified atom stereocenters. The summed E-state index contributed by atoms with van der Waals surface area (Å²) in [6.07, 6.45) is 4.66. The normalized spacial score (nSPS) is 12.0. The van der Waals surface area contributed by atoms with E-state index in [4.69, 9.17) is 5.11 Å². The second-order valence-corrected chi connectivity index (χ2v) is 6.05. The van der Waals surface area contributed by atoms with Crippen molar-refractivity contribution in [2.24, 2.45) is 0 Å². The van der Waals surface area contributed by atoms with Crippen molar-refractivity contribution < 1.29 is 33.5 Å². The summed E-state index contributed by atoms with van der Waals surface area (Å²) < 4.78 is 4.42. The molecule has 1 aliphatic heterocycles. The van der Waals surface area contributed by atoms with Crippen LogP contribution in [0.25, 0.3) is 0 Å². The topological polar surface area (TPSA) is 74.7 Å². The number of aromatic nitrogens is 1. The molecule has 0 aliphatic carbocycles. The minimum atomic E-state index is -0.373. The van der Waals surface area contributed by atoms with Gasteiger partial charge >= 0.3 is 18.9 Å². The molecule has 0 spiro atoms. The van der Waals surface area contributed by atoms with Crippen molar-refractivity contribution in [2.75, 3.05) is 36.5 Å².